The first-order valence-electron chi connectivity index (χ1n) is 7.68. The van der Waals surface area contributed by atoms with Gasteiger partial charge < -0.3 is 20.9 Å². The van der Waals surface area contributed by atoms with E-state index in [0.29, 0.717) is 12.0 Å². The van der Waals surface area contributed by atoms with Gasteiger partial charge in [0.25, 0.3) is 0 Å². The van der Waals surface area contributed by atoms with E-state index < -0.39 is 0 Å². The first kappa shape index (κ1) is 16.1. The van der Waals surface area contributed by atoms with Crippen molar-refractivity contribution in [1.29, 1.82) is 0 Å². The number of rotatable bonds is 5. The molecule has 6 heteroatoms. The van der Waals surface area contributed by atoms with Gasteiger partial charge in [0.15, 0.2) is 0 Å². The molecular formula is C15H28N6. The minimum Gasteiger partial charge on any atom is -0.354 e. The predicted molar refractivity (Wildman–Crippen MR) is 86.4 cm³/mol. The van der Waals surface area contributed by atoms with Crippen LogP contribution in [0.2, 0.25) is 0 Å². The summed E-state index contributed by atoms with van der Waals surface area (Å²) >= 11 is 0. The van der Waals surface area contributed by atoms with Crippen molar-refractivity contribution >= 4 is 5.82 Å². The lowest BCUT2D eigenvalue weighted by molar-refractivity contribution is 0.366. The summed E-state index contributed by atoms with van der Waals surface area (Å²) in [5.41, 5.74) is 7.12. The molecule has 118 valence electrons. The fraction of sp³-hybridized carbons (Fsp3) is 0.733. The molecule has 0 aromatic carbocycles. The third-order valence-electron chi connectivity index (χ3n) is 3.95. The second-order valence-electron chi connectivity index (χ2n) is 6.42. The fourth-order valence-corrected chi connectivity index (χ4v) is 2.66. The number of nitrogens with one attached hydrogen (secondary N) is 1. The summed E-state index contributed by atoms with van der Waals surface area (Å²) in [5.74, 6) is 1.60. The van der Waals surface area contributed by atoms with E-state index in [4.69, 9.17) is 5.73 Å². The summed E-state index contributed by atoms with van der Waals surface area (Å²) in [5, 5.41) is 3.57. The van der Waals surface area contributed by atoms with Crippen LogP contribution in [0.25, 0.3) is 0 Å². The number of anilines is 1. The van der Waals surface area contributed by atoms with E-state index >= 15 is 0 Å². The van der Waals surface area contributed by atoms with E-state index in [1.807, 2.05) is 20.2 Å². The van der Waals surface area contributed by atoms with Crippen molar-refractivity contribution in [3.05, 3.63) is 18.1 Å². The lowest BCUT2D eigenvalue weighted by atomic mass is 10.0. The van der Waals surface area contributed by atoms with E-state index in [9.17, 15) is 0 Å². The Kier molecular flexibility index (Phi) is 5.50. The summed E-state index contributed by atoms with van der Waals surface area (Å²) in [6.07, 6.45) is 1.63. The first-order valence-corrected chi connectivity index (χ1v) is 7.68. The standard InChI is InChI=1S/C15H28N6/c1-11(2)14-9-21(6-5-17-14)15-7-13(18-10-19-15)12(16)8-20(3)4/h7,10-12,14,17H,5-6,8-9,16H2,1-4H3. The minimum absolute atomic E-state index is 0.0782. The van der Waals surface area contributed by atoms with Crippen molar-refractivity contribution in [2.45, 2.75) is 25.9 Å². The third kappa shape index (κ3) is 4.36. The van der Waals surface area contributed by atoms with Gasteiger partial charge in [-0.3, -0.25) is 0 Å². The number of nitrogens with two attached hydrogens (primary N) is 1. The molecule has 1 aliphatic rings. The van der Waals surface area contributed by atoms with E-state index in [-0.39, 0.29) is 6.04 Å². The van der Waals surface area contributed by atoms with Crippen molar-refractivity contribution in [3.8, 4) is 0 Å². The van der Waals surface area contributed by atoms with Crippen molar-refractivity contribution < 1.29 is 0 Å². The molecular weight excluding hydrogens is 264 g/mol. The average molecular weight is 292 g/mol. The van der Waals surface area contributed by atoms with Crippen LogP contribution in [0.15, 0.2) is 12.4 Å². The van der Waals surface area contributed by atoms with Gasteiger partial charge in [0, 0.05) is 38.3 Å². The van der Waals surface area contributed by atoms with Crippen molar-refractivity contribution in [3.63, 3.8) is 0 Å². The van der Waals surface area contributed by atoms with Gasteiger partial charge in [-0.2, -0.15) is 0 Å². The highest BCUT2D eigenvalue weighted by Crippen LogP contribution is 2.18. The van der Waals surface area contributed by atoms with E-state index in [0.717, 1.165) is 37.7 Å². The van der Waals surface area contributed by atoms with Gasteiger partial charge >= 0.3 is 0 Å². The Balaban J connectivity index is 2.09. The zero-order chi connectivity index (χ0) is 15.4. The van der Waals surface area contributed by atoms with Gasteiger partial charge in [-0.05, 0) is 20.0 Å². The van der Waals surface area contributed by atoms with Crippen molar-refractivity contribution in [2.24, 2.45) is 11.7 Å². The van der Waals surface area contributed by atoms with Crippen LogP contribution in [0.5, 0.6) is 0 Å². The number of hydrogen-bond acceptors (Lipinski definition) is 6. The van der Waals surface area contributed by atoms with E-state index in [1.165, 1.54) is 0 Å². The SMILES string of the molecule is CC(C)C1CN(c2cc(C(N)CN(C)C)ncn2)CCN1. The smallest absolute Gasteiger partial charge is 0.132 e. The molecule has 0 saturated carbocycles. The van der Waals surface area contributed by atoms with Gasteiger partial charge in [-0.1, -0.05) is 13.8 Å². The van der Waals surface area contributed by atoms with Gasteiger partial charge in [-0.15, -0.1) is 0 Å². The highest BCUT2D eigenvalue weighted by molar-refractivity contribution is 5.40. The highest BCUT2D eigenvalue weighted by atomic mass is 15.2. The summed E-state index contributed by atoms with van der Waals surface area (Å²) in [7, 11) is 4.04. The predicted octanol–water partition coefficient (Wildman–Crippen LogP) is 0.472. The van der Waals surface area contributed by atoms with E-state index in [1.54, 1.807) is 6.33 Å². The molecule has 1 aliphatic heterocycles. The Bertz CT molecular complexity index is 448. The largest absolute Gasteiger partial charge is 0.354 e. The van der Waals surface area contributed by atoms with Crippen LogP contribution in [0.4, 0.5) is 5.82 Å². The summed E-state index contributed by atoms with van der Waals surface area (Å²) in [4.78, 5) is 13.2. The summed E-state index contributed by atoms with van der Waals surface area (Å²) in [6.45, 7) is 8.23. The maximum Gasteiger partial charge on any atom is 0.132 e. The van der Waals surface area contributed by atoms with Crippen LogP contribution in [0.1, 0.15) is 25.6 Å². The quantitative estimate of drug-likeness (QED) is 0.822. The van der Waals surface area contributed by atoms with Gasteiger partial charge in [0.1, 0.15) is 12.1 Å². The van der Waals surface area contributed by atoms with Crippen molar-refractivity contribution in [2.75, 3.05) is 45.2 Å². The Hall–Kier alpha value is -1.24. The molecule has 1 saturated heterocycles. The number of piperazine rings is 1. The molecule has 0 amide bonds. The number of nitrogens with zero attached hydrogens (tertiary/aromatic N) is 4. The maximum absolute atomic E-state index is 6.21. The molecule has 2 heterocycles. The lowest BCUT2D eigenvalue weighted by Gasteiger charge is -2.36. The zero-order valence-corrected chi connectivity index (χ0v) is 13.6. The fourth-order valence-electron chi connectivity index (χ4n) is 2.66. The van der Waals surface area contributed by atoms with Crippen LogP contribution < -0.4 is 16.0 Å². The molecule has 0 bridgehead atoms. The monoisotopic (exact) mass is 292 g/mol. The number of hydrogen-bond donors (Lipinski definition) is 2. The minimum atomic E-state index is -0.0782. The van der Waals surface area contributed by atoms with Crippen molar-refractivity contribution in [1.82, 2.24) is 20.2 Å². The molecule has 1 aromatic rings. The Morgan fingerprint density at radius 1 is 1.43 bits per heavy atom. The third-order valence-corrected chi connectivity index (χ3v) is 3.95. The first-order chi connectivity index (χ1) is 9.97. The zero-order valence-electron chi connectivity index (χ0n) is 13.6. The van der Waals surface area contributed by atoms with E-state index in [2.05, 4.69) is 38.9 Å². The Morgan fingerprint density at radius 3 is 2.86 bits per heavy atom. The molecule has 0 spiro atoms. The molecule has 0 aliphatic carbocycles. The molecule has 6 nitrogen and oxygen atoms in total. The van der Waals surface area contributed by atoms with Crippen LogP contribution in [-0.4, -0.2) is 61.2 Å². The number of likely N-dealkylation sites (N-methyl/N-ethyl adjacent to an activating group) is 1. The number of aromatic nitrogens is 2. The van der Waals surface area contributed by atoms with Gasteiger partial charge in [0.2, 0.25) is 0 Å². The van der Waals surface area contributed by atoms with Crippen LogP contribution in [0.3, 0.4) is 0 Å². The maximum atomic E-state index is 6.21. The lowest BCUT2D eigenvalue weighted by Crippen LogP contribution is -2.53. The van der Waals surface area contributed by atoms with Crippen LogP contribution >= 0.6 is 0 Å². The normalized spacial score (nSPS) is 21.1. The van der Waals surface area contributed by atoms with Gasteiger partial charge in [0.05, 0.1) is 11.7 Å². The van der Waals surface area contributed by atoms with Gasteiger partial charge in [-0.25, -0.2) is 9.97 Å². The Labute approximate surface area is 127 Å². The summed E-state index contributed by atoms with van der Waals surface area (Å²) < 4.78 is 0. The second-order valence-corrected chi connectivity index (χ2v) is 6.42. The molecule has 2 rings (SSSR count). The molecule has 2 atom stereocenters. The second kappa shape index (κ2) is 7.15. The topological polar surface area (TPSA) is 70.3 Å². The van der Waals surface area contributed by atoms with Crippen LogP contribution in [0, 0.1) is 5.92 Å². The average Bonchev–Trinajstić information content (AvgIpc) is 2.47. The molecule has 0 radical (unpaired) electrons. The molecule has 1 aromatic heterocycles. The molecule has 3 N–H and O–H groups in total. The van der Waals surface area contributed by atoms with Crippen LogP contribution in [-0.2, 0) is 0 Å². The molecule has 21 heavy (non-hydrogen) atoms. The highest BCUT2D eigenvalue weighted by Gasteiger charge is 2.23. The molecule has 2 unspecified atom stereocenters. The Morgan fingerprint density at radius 2 is 2.19 bits per heavy atom. The summed E-state index contributed by atoms with van der Waals surface area (Å²) in [6, 6.07) is 2.47. The molecule has 1 fully saturated rings.